The number of benzene rings is 1. The second-order valence-electron chi connectivity index (χ2n) is 4.46. The van der Waals surface area contributed by atoms with Crippen LogP contribution in [0, 0.1) is 0 Å². The normalized spacial score (nSPS) is 13.0. The molecule has 2 rings (SSSR count). The Kier molecular flexibility index (Phi) is 4.41. The number of hydrogen-bond donors (Lipinski definition) is 1. The molecule has 0 aliphatic carbocycles. The largest absolute Gasteiger partial charge is 0.382 e. The zero-order valence-corrected chi connectivity index (χ0v) is 12.7. The lowest BCUT2D eigenvalue weighted by atomic mass is 10.1. The smallest absolute Gasteiger partial charge is 0.124 e. The van der Waals surface area contributed by atoms with Crippen LogP contribution >= 0.6 is 34.8 Å². The van der Waals surface area contributed by atoms with Crippen molar-refractivity contribution in [2.24, 2.45) is 0 Å². The van der Waals surface area contributed by atoms with Gasteiger partial charge in [0.25, 0.3) is 0 Å². The lowest BCUT2D eigenvalue weighted by Gasteiger charge is -2.18. The van der Waals surface area contributed by atoms with Crippen LogP contribution in [0.25, 0.3) is 0 Å². The summed E-state index contributed by atoms with van der Waals surface area (Å²) < 4.78 is 1.67. The Morgan fingerprint density at radius 1 is 1.16 bits per heavy atom. The molecule has 0 saturated carbocycles. The molecule has 0 fully saturated rings. The molecule has 0 spiro atoms. The molecule has 0 bridgehead atoms. The zero-order chi connectivity index (χ0) is 14.2. The number of hydrogen-bond acceptors (Lipinski definition) is 2. The summed E-state index contributed by atoms with van der Waals surface area (Å²) >= 11 is 18.2. The number of halogens is 3. The highest BCUT2D eigenvalue weighted by Crippen LogP contribution is 2.36. The van der Waals surface area contributed by atoms with Crippen molar-refractivity contribution in [3.8, 4) is 0 Å². The maximum Gasteiger partial charge on any atom is 0.124 e. The average molecular weight is 320 g/mol. The van der Waals surface area contributed by atoms with E-state index in [0.717, 1.165) is 0 Å². The quantitative estimate of drug-likeness (QED) is 0.904. The highest BCUT2D eigenvalue weighted by Gasteiger charge is 2.23. The van der Waals surface area contributed by atoms with Gasteiger partial charge in [-0.2, -0.15) is 5.10 Å². The fourth-order valence-electron chi connectivity index (χ4n) is 1.90. The van der Waals surface area contributed by atoms with Crippen molar-refractivity contribution in [1.82, 2.24) is 9.78 Å². The van der Waals surface area contributed by atoms with Gasteiger partial charge in [0.1, 0.15) is 6.10 Å². The van der Waals surface area contributed by atoms with Crippen LogP contribution in [0.1, 0.15) is 37.3 Å². The van der Waals surface area contributed by atoms with E-state index in [0.29, 0.717) is 26.3 Å². The van der Waals surface area contributed by atoms with E-state index in [1.165, 1.54) is 6.20 Å². The molecule has 1 atom stereocenters. The van der Waals surface area contributed by atoms with Gasteiger partial charge in [-0.3, -0.25) is 4.68 Å². The summed E-state index contributed by atoms with van der Waals surface area (Å²) in [6.45, 7) is 3.91. The summed E-state index contributed by atoms with van der Waals surface area (Å²) in [6, 6.07) is 5.19. The number of aromatic nitrogens is 2. The number of aliphatic hydroxyl groups excluding tert-OH is 1. The van der Waals surface area contributed by atoms with Crippen molar-refractivity contribution in [2.75, 3.05) is 0 Å². The Morgan fingerprint density at radius 2 is 1.84 bits per heavy atom. The fraction of sp³-hybridized carbons (Fsp3) is 0.308. The highest BCUT2D eigenvalue weighted by atomic mass is 35.5. The molecule has 0 amide bonds. The summed E-state index contributed by atoms with van der Waals surface area (Å²) in [6.07, 6.45) is 0.544. The Morgan fingerprint density at radius 3 is 2.47 bits per heavy atom. The van der Waals surface area contributed by atoms with Crippen LogP contribution < -0.4 is 0 Å². The van der Waals surface area contributed by atoms with E-state index in [1.54, 1.807) is 22.9 Å². The lowest BCUT2D eigenvalue weighted by Crippen LogP contribution is -2.13. The van der Waals surface area contributed by atoms with Crippen LogP contribution in [0.4, 0.5) is 0 Å². The molecular formula is C13H13Cl3N2O. The van der Waals surface area contributed by atoms with Gasteiger partial charge >= 0.3 is 0 Å². The van der Waals surface area contributed by atoms with E-state index in [9.17, 15) is 5.11 Å². The summed E-state index contributed by atoms with van der Waals surface area (Å²) in [5, 5.41) is 15.8. The molecule has 0 aliphatic rings. The van der Waals surface area contributed by atoms with Gasteiger partial charge in [-0.25, -0.2) is 0 Å². The molecule has 1 unspecified atom stereocenters. The molecule has 19 heavy (non-hydrogen) atoms. The summed E-state index contributed by atoms with van der Waals surface area (Å²) in [5.41, 5.74) is 1.03. The molecule has 1 heterocycles. The minimum Gasteiger partial charge on any atom is -0.382 e. The zero-order valence-electron chi connectivity index (χ0n) is 10.4. The van der Waals surface area contributed by atoms with Gasteiger partial charge in [0.05, 0.1) is 27.0 Å². The first-order valence-corrected chi connectivity index (χ1v) is 6.91. The maximum atomic E-state index is 10.5. The van der Waals surface area contributed by atoms with Crippen LogP contribution in [0.3, 0.4) is 0 Å². The Balaban J connectivity index is 2.53. The van der Waals surface area contributed by atoms with E-state index in [4.69, 9.17) is 34.8 Å². The molecule has 2 aromatic rings. The van der Waals surface area contributed by atoms with E-state index in [2.05, 4.69) is 5.10 Å². The molecule has 1 N–H and O–H groups in total. The minimum atomic E-state index is -0.969. The Bertz CT molecular complexity index is 596. The molecule has 0 aliphatic heterocycles. The molecule has 1 aromatic carbocycles. The average Bonchev–Trinajstić information content (AvgIpc) is 2.74. The standard InChI is InChI=1S/C13H13Cl3N2O/c1-7(2)18-12(10(15)6-17-18)13(19)8-4-3-5-9(14)11(8)16/h3-7,13,19H,1-2H3. The third kappa shape index (κ3) is 2.75. The second kappa shape index (κ2) is 5.71. The third-order valence-electron chi connectivity index (χ3n) is 2.81. The predicted octanol–water partition coefficient (Wildman–Crippen LogP) is 4.51. The van der Waals surface area contributed by atoms with E-state index < -0.39 is 6.10 Å². The van der Waals surface area contributed by atoms with Crippen LogP contribution in [-0.2, 0) is 0 Å². The first-order chi connectivity index (χ1) is 8.93. The van der Waals surface area contributed by atoms with Crippen LogP contribution in [-0.4, -0.2) is 14.9 Å². The van der Waals surface area contributed by atoms with E-state index in [-0.39, 0.29) is 6.04 Å². The van der Waals surface area contributed by atoms with Gasteiger partial charge in [0.2, 0.25) is 0 Å². The number of rotatable bonds is 3. The lowest BCUT2D eigenvalue weighted by molar-refractivity contribution is 0.205. The van der Waals surface area contributed by atoms with Gasteiger partial charge in [-0.15, -0.1) is 0 Å². The van der Waals surface area contributed by atoms with Crippen LogP contribution in [0.2, 0.25) is 15.1 Å². The first-order valence-electron chi connectivity index (χ1n) is 5.78. The summed E-state index contributed by atoms with van der Waals surface area (Å²) in [4.78, 5) is 0. The van der Waals surface area contributed by atoms with Crippen LogP contribution in [0.15, 0.2) is 24.4 Å². The Hall–Kier alpha value is -0.740. The SMILES string of the molecule is CC(C)n1ncc(Cl)c1C(O)c1cccc(Cl)c1Cl. The van der Waals surface area contributed by atoms with Gasteiger partial charge in [-0.05, 0) is 19.9 Å². The molecule has 6 heteroatoms. The highest BCUT2D eigenvalue weighted by molar-refractivity contribution is 6.42. The van der Waals surface area contributed by atoms with E-state index in [1.807, 2.05) is 13.8 Å². The summed E-state index contributed by atoms with van der Waals surface area (Å²) in [7, 11) is 0. The molecular weight excluding hydrogens is 307 g/mol. The topological polar surface area (TPSA) is 38.0 Å². The van der Waals surface area contributed by atoms with Crippen molar-refractivity contribution in [3.63, 3.8) is 0 Å². The monoisotopic (exact) mass is 318 g/mol. The molecule has 102 valence electrons. The van der Waals surface area contributed by atoms with Gasteiger partial charge in [-0.1, -0.05) is 46.9 Å². The fourth-order valence-corrected chi connectivity index (χ4v) is 2.54. The third-order valence-corrected chi connectivity index (χ3v) is 3.94. The van der Waals surface area contributed by atoms with Crippen molar-refractivity contribution >= 4 is 34.8 Å². The van der Waals surface area contributed by atoms with Crippen molar-refractivity contribution in [3.05, 3.63) is 50.7 Å². The van der Waals surface area contributed by atoms with Gasteiger partial charge < -0.3 is 5.11 Å². The summed E-state index contributed by atoms with van der Waals surface area (Å²) in [5.74, 6) is 0. The predicted molar refractivity (Wildman–Crippen MR) is 78.1 cm³/mol. The van der Waals surface area contributed by atoms with E-state index >= 15 is 0 Å². The molecule has 1 aromatic heterocycles. The molecule has 0 saturated heterocycles. The minimum absolute atomic E-state index is 0.0788. The van der Waals surface area contributed by atoms with Crippen molar-refractivity contribution < 1.29 is 5.11 Å². The second-order valence-corrected chi connectivity index (χ2v) is 5.65. The van der Waals surface area contributed by atoms with Gasteiger partial charge in [0.15, 0.2) is 0 Å². The van der Waals surface area contributed by atoms with Crippen LogP contribution in [0.5, 0.6) is 0 Å². The number of aliphatic hydroxyl groups is 1. The first kappa shape index (κ1) is 14.7. The number of nitrogens with zero attached hydrogens (tertiary/aromatic N) is 2. The van der Waals surface area contributed by atoms with Crippen molar-refractivity contribution in [2.45, 2.75) is 26.0 Å². The molecule has 3 nitrogen and oxygen atoms in total. The maximum absolute atomic E-state index is 10.5. The Labute approximate surface area is 126 Å². The van der Waals surface area contributed by atoms with Gasteiger partial charge in [0, 0.05) is 11.6 Å². The molecule has 0 radical (unpaired) electrons. The van der Waals surface area contributed by atoms with Crippen molar-refractivity contribution in [1.29, 1.82) is 0 Å².